The summed E-state index contributed by atoms with van der Waals surface area (Å²) in [5, 5.41) is 3.06. The summed E-state index contributed by atoms with van der Waals surface area (Å²) in [4.78, 5) is 26.6. The number of nitrogens with one attached hydrogen (secondary N) is 1. The number of ether oxygens (including phenoxy) is 2. The molecule has 0 radical (unpaired) electrons. The number of nitrogens with zero attached hydrogens (tertiary/aromatic N) is 1. The van der Waals surface area contributed by atoms with E-state index in [4.69, 9.17) is 21.1 Å². The molecule has 2 aromatic carbocycles. The molecule has 6 nitrogen and oxygen atoms in total. The molecule has 2 aromatic rings. The molecule has 1 N–H and O–H groups in total. The van der Waals surface area contributed by atoms with Crippen molar-refractivity contribution in [2.24, 2.45) is 0 Å². The molecule has 0 aliphatic carbocycles. The first-order valence-corrected chi connectivity index (χ1v) is 9.24. The van der Waals surface area contributed by atoms with Gasteiger partial charge in [0.1, 0.15) is 11.4 Å². The monoisotopic (exact) mass is 404 g/mol. The van der Waals surface area contributed by atoms with Gasteiger partial charge in [0.15, 0.2) is 11.5 Å². The molecule has 0 aromatic heterocycles. The first-order chi connectivity index (χ1) is 13.4. The molecule has 0 saturated carbocycles. The Morgan fingerprint density at radius 1 is 1.18 bits per heavy atom. The van der Waals surface area contributed by atoms with Crippen molar-refractivity contribution in [2.75, 3.05) is 13.2 Å². The Hall–Kier alpha value is -2.80. The predicted octanol–water partition coefficient (Wildman–Crippen LogP) is 3.61. The van der Waals surface area contributed by atoms with E-state index in [0.29, 0.717) is 40.9 Å². The molecule has 4 rings (SSSR count). The molecule has 1 fully saturated rings. The van der Waals surface area contributed by atoms with Crippen molar-refractivity contribution in [3.63, 3.8) is 0 Å². The van der Waals surface area contributed by atoms with Gasteiger partial charge in [-0.05, 0) is 42.3 Å². The fraction of sp³-hybridized carbons (Fsp3) is 0.300. The van der Waals surface area contributed by atoms with E-state index in [1.165, 1.54) is 24.3 Å². The van der Waals surface area contributed by atoms with Gasteiger partial charge in [0.05, 0.1) is 24.8 Å². The standard InChI is InChI=1S/C20H18ClFN2O4/c1-20(13-3-5-14(22)6-4-13)18(25)24(19(26)23-20)11-12-9-15(21)17-16(10-12)27-7-2-8-28-17/h3-6,9-10H,2,7-8,11H2,1H3,(H,23,26)/t20-/m1/s1. The predicted molar refractivity (Wildman–Crippen MR) is 99.9 cm³/mol. The number of fused-ring (bicyclic) bond motifs is 1. The van der Waals surface area contributed by atoms with Gasteiger partial charge in [-0.3, -0.25) is 9.69 Å². The molecule has 0 unspecified atom stereocenters. The molecule has 146 valence electrons. The maximum atomic E-state index is 13.2. The third-order valence-electron chi connectivity index (χ3n) is 4.90. The van der Waals surface area contributed by atoms with Crippen LogP contribution in [0.25, 0.3) is 0 Å². The highest BCUT2D eigenvalue weighted by molar-refractivity contribution is 6.32. The number of hydrogen-bond acceptors (Lipinski definition) is 4. The van der Waals surface area contributed by atoms with Crippen LogP contribution in [0, 0.1) is 5.82 Å². The molecule has 0 spiro atoms. The van der Waals surface area contributed by atoms with Crippen LogP contribution >= 0.6 is 11.6 Å². The molecule has 0 bridgehead atoms. The molecule has 1 saturated heterocycles. The molecule has 28 heavy (non-hydrogen) atoms. The molecule has 1 atom stereocenters. The number of carbonyl (C=O) groups is 2. The minimum atomic E-state index is -1.26. The van der Waals surface area contributed by atoms with Gasteiger partial charge in [0.2, 0.25) is 0 Å². The van der Waals surface area contributed by atoms with Gasteiger partial charge in [-0.25, -0.2) is 9.18 Å². The van der Waals surface area contributed by atoms with E-state index in [1.54, 1.807) is 19.1 Å². The lowest BCUT2D eigenvalue weighted by molar-refractivity contribution is -0.131. The van der Waals surface area contributed by atoms with Crippen molar-refractivity contribution in [2.45, 2.75) is 25.4 Å². The Morgan fingerprint density at radius 3 is 2.64 bits per heavy atom. The minimum absolute atomic E-state index is 0.0256. The van der Waals surface area contributed by atoms with E-state index in [1.807, 2.05) is 0 Å². The number of benzene rings is 2. The van der Waals surface area contributed by atoms with Gasteiger partial charge in [-0.15, -0.1) is 0 Å². The number of rotatable bonds is 3. The third kappa shape index (κ3) is 3.16. The molecule has 8 heteroatoms. The normalized spacial score (nSPS) is 21.5. The van der Waals surface area contributed by atoms with Crippen molar-refractivity contribution in [1.82, 2.24) is 10.2 Å². The van der Waals surface area contributed by atoms with E-state index in [0.717, 1.165) is 11.3 Å². The average molecular weight is 405 g/mol. The first-order valence-electron chi connectivity index (χ1n) is 8.86. The smallest absolute Gasteiger partial charge is 0.325 e. The van der Waals surface area contributed by atoms with Gasteiger partial charge < -0.3 is 14.8 Å². The topological polar surface area (TPSA) is 67.9 Å². The van der Waals surface area contributed by atoms with Crippen LogP contribution in [0.3, 0.4) is 0 Å². The van der Waals surface area contributed by atoms with Crippen molar-refractivity contribution in [3.8, 4) is 11.5 Å². The fourth-order valence-corrected chi connectivity index (χ4v) is 3.67. The highest BCUT2D eigenvalue weighted by atomic mass is 35.5. The van der Waals surface area contributed by atoms with Gasteiger partial charge in [0.25, 0.3) is 5.91 Å². The zero-order valence-electron chi connectivity index (χ0n) is 15.1. The summed E-state index contributed by atoms with van der Waals surface area (Å²) in [6, 6.07) is 8.34. The average Bonchev–Trinajstić information content (AvgIpc) is 2.84. The van der Waals surface area contributed by atoms with Crippen molar-refractivity contribution in [1.29, 1.82) is 0 Å². The fourth-order valence-electron chi connectivity index (χ4n) is 3.38. The second-order valence-corrected chi connectivity index (χ2v) is 7.32. The third-order valence-corrected chi connectivity index (χ3v) is 5.18. The van der Waals surface area contributed by atoms with Gasteiger partial charge in [-0.1, -0.05) is 23.7 Å². The maximum Gasteiger partial charge on any atom is 0.325 e. The summed E-state index contributed by atoms with van der Waals surface area (Å²) in [5.41, 5.74) is -0.118. The summed E-state index contributed by atoms with van der Waals surface area (Å²) in [5.74, 6) is 0.125. The molecule has 2 aliphatic rings. The Kier molecular flexibility index (Phi) is 4.63. The number of amides is 3. The number of hydrogen-bond donors (Lipinski definition) is 1. The zero-order valence-corrected chi connectivity index (χ0v) is 15.9. The van der Waals surface area contributed by atoms with E-state index in [9.17, 15) is 14.0 Å². The van der Waals surface area contributed by atoms with Gasteiger partial charge in [0, 0.05) is 6.42 Å². The Labute approximate surface area is 166 Å². The van der Waals surface area contributed by atoms with Crippen LogP contribution in [0.4, 0.5) is 9.18 Å². The van der Waals surface area contributed by atoms with Crippen LogP contribution in [0.2, 0.25) is 5.02 Å². The lowest BCUT2D eigenvalue weighted by Crippen LogP contribution is -2.40. The number of urea groups is 1. The first kappa shape index (κ1) is 18.6. The zero-order chi connectivity index (χ0) is 19.9. The summed E-state index contributed by atoms with van der Waals surface area (Å²) < 4.78 is 24.5. The second kappa shape index (κ2) is 6.98. The quantitative estimate of drug-likeness (QED) is 0.793. The van der Waals surface area contributed by atoms with Crippen molar-refractivity contribution < 1.29 is 23.5 Å². The van der Waals surface area contributed by atoms with Crippen LogP contribution in [0.5, 0.6) is 11.5 Å². The van der Waals surface area contributed by atoms with Crippen LogP contribution in [0.15, 0.2) is 36.4 Å². The molecule has 3 amide bonds. The highest BCUT2D eigenvalue weighted by Crippen LogP contribution is 2.39. The van der Waals surface area contributed by atoms with Gasteiger partial charge >= 0.3 is 6.03 Å². The lowest BCUT2D eigenvalue weighted by Gasteiger charge is -2.22. The van der Waals surface area contributed by atoms with Crippen molar-refractivity contribution >= 4 is 23.5 Å². The molecule has 2 aliphatic heterocycles. The summed E-state index contributed by atoms with van der Waals surface area (Å²) in [6.07, 6.45) is 0.739. The minimum Gasteiger partial charge on any atom is -0.489 e. The number of imide groups is 1. The summed E-state index contributed by atoms with van der Waals surface area (Å²) >= 11 is 6.30. The van der Waals surface area contributed by atoms with E-state index < -0.39 is 23.3 Å². The second-order valence-electron chi connectivity index (χ2n) is 6.91. The lowest BCUT2D eigenvalue weighted by atomic mass is 9.92. The van der Waals surface area contributed by atoms with Crippen LogP contribution in [0.1, 0.15) is 24.5 Å². The molecular formula is C20H18ClFN2O4. The molecular weight excluding hydrogens is 387 g/mol. The van der Waals surface area contributed by atoms with Crippen LogP contribution < -0.4 is 14.8 Å². The summed E-state index contributed by atoms with van der Waals surface area (Å²) in [6.45, 7) is 2.63. The maximum absolute atomic E-state index is 13.2. The SMILES string of the molecule is C[C@]1(c2ccc(F)cc2)NC(=O)N(Cc2cc(Cl)c3c(c2)OCCCO3)C1=O. The van der Waals surface area contributed by atoms with Crippen LogP contribution in [-0.2, 0) is 16.9 Å². The van der Waals surface area contributed by atoms with Crippen molar-refractivity contribution in [3.05, 3.63) is 58.4 Å². The Balaban J connectivity index is 1.61. The Bertz CT molecular complexity index is 950. The van der Waals surface area contributed by atoms with Crippen LogP contribution in [-0.4, -0.2) is 30.1 Å². The highest BCUT2D eigenvalue weighted by Gasteiger charge is 2.48. The van der Waals surface area contributed by atoms with E-state index in [-0.39, 0.29) is 6.54 Å². The largest absolute Gasteiger partial charge is 0.489 e. The molecule has 2 heterocycles. The van der Waals surface area contributed by atoms with Gasteiger partial charge in [-0.2, -0.15) is 0 Å². The Morgan fingerprint density at radius 2 is 1.89 bits per heavy atom. The summed E-state index contributed by atoms with van der Waals surface area (Å²) in [7, 11) is 0. The number of halogens is 2. The van der Waals surface area contributed by atoms with E-state index >= 15 is 0 Å². The number of carbonyl (C=O) groups excluding carboxylic acids is 2. The van der Waals surface area contributed by atoms with E-state index in [2.05, 4.69) is 5.32 Å².